The highest BCUT2D eigenvalue weighted by Crippen LogP contribution is 2.22. The zero-order valence-corrected chi connectivity index (χ0v) is 13.2. The Labute approximate surface area is 138 Å². The van der Waals surface area contributed by atoms with Gasteiger partial charge in [-0.05, 0) is 43.4 Å². The number of anilines is 1. The Hall–Kier alpha value is -2.31. The average Bonchev–Trinajstić information content (AvgIpc) is 2.99. The van der Waals surface area contributed by atoms with Crippen LogP contribution < -0.4 is 10.6 Å². The van der Waals surface area contributed by atoms with Gasteiger partial charge in [0.05, 0.1) is 0 Å². The van der Waals surface area contributed by atoms with Crippen molar-refractivity contribution in [3.8, 4) is 0 Å². The Morgan fingerprint density at radius 1 is 1.29 bits per heavy atom. The van der Waals surface area contributed by atoms with E-state index in [1.165, 1.54) is 12.1 Å². The van der Waals surface area contributed by atoms with Crippen LogP contribution in [-0.4, -0.2) is 24.5 Å². The molecular weight excluding hydrogens is 321 g/mol. The van der Waals surface area contributed by atoms with Crippen molar-refractivity contribution in [2.24, 2.45) is 5.92 Å². The second-order valence-corrected chi connectivity index (χ2v) is 5.85. The van der Waals surface area contributed by atoms with E-state index < -0.39 is 18.6 Å². The molecule has 0 heterocycles. The first-order valence-corrected chi connectivity index (χ1v) is 7.67. The van der Waals surface area contributed by atoms with Crippen molar-refractivity contribution in [3.63, 3.8) is 0 Å². The number of hydrogen-bond acceptors (Lipinski definition) is 2. The molecule has 1 aromatic rings. The molecule has 0 saturated carbocycles. The minimum atomic E-state index is -4.47. The monoisotopic (exact) mass is 340 g/mol. The van der Waals surface area contributed by atoms with Crippen LogP contribution in [0.4, 0.5) is 18.9 Å². The lowest BCUT2D eigenvalue weighted by Gasteiger charge is -2.13. The Bertz CT molecular complexity index is 654. The lowest BCUT2D eigenvalue weighted by atomic mass is 10.0. The van der Waals surface area contributed by atoms with Crippen molar-refractivity contribution in [2.45, 2.75) is 32.4 Å². The van der Waals surface area contributed by atoms with Gasteiger partial charge in [-0.1, -0.05) is 18.2 Å². The zero-order chi connectivity index (χ0) is 17.7. The zero-order valence-electron chi connectivity index (χ0n) is 13.2. The van der Waals surface area contributed by atoms with Crippen molar-refractivity contribution < 1.29 is 22.8 Å². The van der Waals surface area contributed by atoms with E-state index in [9.17, 15) is 22.8 Å². The van der Waals surface area contributed by atoms with Gasteiger partial charge in [0.15, 0.2) is 0 Å². The van der Waals surface area contributed by atoms with E-state index in [-0.39, 0.29) is 17.4 Å². The van der Waals surface area contributed by atoms with Gasteiger partial charge in [0, 0.05) is 17.7 Å². The quantitative estimate of drug-likeness (QED) is 0.805. The number of alkyl halides is 3. The summed E-state index contributed by atoms with van der Waals surface area (Å²) < 4.78 is 36.5. The van der Waals surface area contributed by atoms with Crippen LogP contribution in [-0.2, 0) is 4.79 Å². The number of aryl methyl sites for hydroxylation is 1. The molecular formula is C17H19F3N2O2. The van der Waals surface area contributed by atoms with Gasteiger partial charge in [-0.25, -0.2) is 0 Å². The fourth-order valence-corrected chi connectivity index (χ4v) is 2.49. The van der Waals surface area contributed by atoms with Crippen LogP contribution in [0.25, 0.3) is 0 Å². The Morgan fingerprint density at radius 2 is 2.04 bits per heavy atom. The molecule has 0 aromatic heterocycles. The van der Waals surface area contributed by atoms with Crippen molar-refractivity contribution in [2.75, 3.05) is 11.9 Å². The van der Waals surface area contributed by atoms with Gasteiger partial charge in [0.2, 0.25) is 5.91 Å². The number of halogens is 3. The van der Waals surface area contributed by atoms with E-state index in [1.807, 2.05) is 17.5 Å². The highest BCUT2D eigenvalue weighted by molar-refractivity contribution is 5.97. The maximum Gasteiger partial charge on any atom is 0.405 e. The molecule has 0 bridgehead atoms. The van der Waals surface area contributed by atoms with E-state index in [1.54, 1.807) is 13.0 Å². The summed E-state index contributed by atoms with van der Waals surface area (Å²) in [5.74, 6) is -0.798. The molecule has 1 aromatic carbocycles. The Kier molecular flexibility index (Phi) is 5.64. The van der Waals surface area contributed by atoms with Crippen LogP contribution in [0.1, 0.15) is 35.2 Å². The molecule has 24 heavy (non-hydrogen) atoms. The van der Waals surface area contributed by atoms with Crippen LogP contribution in [0, 0.1) is 12.8 Å². The molecule has 2 rings (SSSR count). The second kappa shape index (κ2) is 7.51. The molecule has 4 nitrogen and oxygen atoms in total. The van der Waals surface area contributed by atoms with Gasteiger partial charge in [-0.3, -0.25) is 9.59 Å². The predicted octanol–water partition coefficient (Wildman–Crippen LogP) is 3.58. The maximum atomic E-state index is 12.2. The first-order chi connectivity index (χ1) is 11.2. The fraction of sp³-hybridized carbons (Fsp3) is 0.412. The maximum absolute atomic E-state index is 12.2. The lowest BCUT2D eigenvalue weighted by molar-refractivity contribution is -0.123. The van der Waals surface area contributed by atoms with Crippen LogP contribution in [0.2, 0.25) is 0 Å². The second-order valence-electron chi connectivity index (χ2n) is 5.85. The molecule has 1 atom stereocenters. The molecule has 0 radical (unpaired) electrons. The molecule has 1 aliphatic rings. The summed E-state index contributed by atoms with van der Waals surface area (Å²) in [5, 5.41) is 4.54. The van der Waals surface area contributed by atoms with E-state index in [0.717, 1.165) is 18.4 Å². The number of benzene rings is 1. The van der Waals surface area contributed by atoms with E-state index in [4.69, 9.17) is 0 Å². The summed E-state index contributed by atoms with van der Waals surface area (Å²) in [5.41, 5.74) is 1.24. The van der Waals surface area contributed by atoms with Gasteiger partial charge in [0.25, 0.3) is 5.91 Å². The summed E-state index contributed by atoms with van der Waals surface area (Å²) in [7, 11) is 0. The number of allylic oxidation sites excluding steroid dienone is 2. The number of carbonyl (C=O) groups excluding carboxylic acids is 2. The SMILES string of the molecule is Cc1ccc(C(=O)NCC(F)(F)F)cc1NC(=O)C[C@@H]1C=CCC1. The summed E-state index contributed by atoms with van der Waals surface area (Å²) in [6.45, 7) is 0.359. The molecule has 2 N–H and O–H groups in total. The van der Waals surface area contributed by atoms with E-state index >= 15 is 0 Å². The number of carbonyl (C=O) groups is 2. The number of amides is 2. The van der Waals surface area contributed by atoms with Gasteiger partial charge >= 0.3 is 6.18 Å². The first-order valence-electron chi connectivity index (χ1n) is 7.67. The molecule has 0 spiro atoms. The van der Waals surface area contributed by atoms with Crippen LogP contribution >= 0.6 is 0 Å². The third kappa shape index (κ3) is 5.40. The standard InChI is InChI=1S/C17H19F3N2O2/c1-11-6-7-13(16(24)21-10-17(18,19)20)9-14(11)22-15(23)8-12-4-2-3-5-12/h2,4,6-7,9,12H,3,5,8,10H2,1H3,(H,21,24)(H,22,23)/t12-/m1/s1. The first kappa shape index (κ1) is 18.0. The largest absolute Gasteiger partial charge is 0.405 e. The van der Waals surface area contributed by atoms with Crippen molar-refractivity contribution in [3.05, 3.63) is 41.5 Å². The van der Waals surface area contributed by atoms with Crippen molar-refractivity contribution in [1.29, 1.82) is 0 Å². The third-order valence-corrected chi connectivity index (χ3v) is 3.78. The Morgan fingerprint density at radius 3 is 2.67 bits per heavy atom. The van der Waals surface area contributed by atoms with Gasteiger partial charge in [-0.15, -0.1) is 0 Å². The molecule has 0 unspecified atom stereocenters. The number of nitrogens with one attached hydrogen (secondary N) is 2. The number of rotatable bonds is 5. The van der Waals surface area contributed by atoms with Crippen LogP contribution in [0.3, 0.4) is 0 Å². The molecule has 1 aliphatic carbocycles. The molecule has 130 valence electrons. The third-order valence-electron chi connectivity index (χ3n) is 3.78. The van der Waals surface area contributed by atoms with E-state index in [0.29, 0.717) is 12.1 Å². The minimum Gasteiger partial charge on any atom is -0.343 e. The summed E-state index contributed by atoms with van der Waals surface area (Å²) in [6.07, 6.45) is 1.83. The fourth-order valence-electron chi connectivity index (χ4n) is 2.49. The van der Waals surface area contributed by atoms with Gasteiger partial charge < -0.3 is 10.6 Å². The van der Waals surface area contributed by atoms with E-state index in [2.05, 4.69) is 5.32 Å². The topological polar surface area (TPSA) is 58.2 Å². The normalized spacial score (nSPS) is 16.9. The van der Waals surface area contributed by atoms with Crippen molar-refractivity contribution in [1.82, 2.24) is 5.32 Å². The summed E-state index contributed by atoms with van der Waals surface area (Å²) in [4.78, 5) is 23.9. The molecule has 0 fully saturated rings. The lowest BCUT2D eigenvalue weighted by Crippen LogP contribution is -2.33. The van der Waals surface area contributed by atoms with Gasteiger partial charge in [0.1, 0.15) is 6.54 Å². The Balaban J connectivity index is 2.00. The highest BCUT2D eigenvalue weighted by Gasteiger charge is 2.28. The smallest absolute Gasteiger partial charge is 0.343 e. The summed E-state index contributed by atoms with van der Waals surface area (Å²) in [6, 6.07) is 4.41. The molecule has 0 aliphatic heterocycles. The predicted molar refractivity (Wildman–Crippen MR) is 84.7 cm³/mol. The van der Waals surface area contributed by atoms with Crippen LogP contribution in [0.5, 0.6) is 0 Å². The van der Waals surface area contributed by atoms with Crippen molar-refractivity contribution >= 4 is 17.5 Å². The minimum absolute atomic E-state index is 0.0703. The van der Waals surface area contributed by atoms with Gasteiger partial charge in [-0.2, -0.15) is 13.2 Å². The molecule has 7 heteroatoms. The number of hydrogen-bond donors (Lipinski definition) is 2. The van der Waals surface area contributed by atoms with Crippen LogP contribution in [0.15, 0.2) is 30.4 Å². The molecule has 0 saturated heterocycles. The average molecular weight is 340 g/mol. The summed E-state index contributed by atoms with van der Waals surface area (Å²) >= 11 is 0. The highest BCUT2D eigenvalue weighted by atomic mass is 19.4. The molecule has 2 amide bonds.